The molecular formula is C7H11BrN2. The van der Waals surface area contributed by atoms with Gasteiger partial charge in [-0.05, 0) is 0 Å². The minimum atomic E-state index is 0.515. The Kier molecular flexibility index (Phi) is 2.49. The molecule has 0 N–H and O–H groups in total. The van der Waals surface area contributed by atoms with E-state index in [1.54, 1.807) is 0 Å². The van der Waals surface area contributed by atoms with Crippen LogP contribution in [0.1, 0.15) is 18.5 Å². The molecular weight excluding hydrogens is 192 g/mol. The molecule has 0 amide bonds. The Labute approximate surface area is 69.4 Å². The van der Waals surface area contributed by atoms with Gasteiger partial charge in [0.2, 0.25) is 0 Å². The lowest BCUT2D eigenvalue weighted by atomic mass is 10.2. The maximum atomic E-state index is 4.22. The molecule has 0 saturated heterocycles. The van der Waals surface area contributed by atoms with Crippen molar-refractivity contribution in [3.8, 4) is 0 Å². The molecule has 56 valence electrons. The highest BCUT2D eigenvalue weighted by Crippen LogP contribution is 2.13. The van der Waals surface area contributed by atoms with Crippen molar-refractivity contribution in [3.63, 3.8) is 0 Å². The van der Waals surface area contributed by atoms with E-state index in [1.165, 1.54) is 0 Å². The molecule has 2 nitrogen and oxygen atoms in total. The minimum Gasteiger partial charge on any atom is -0.340 e. The van der Waals surface area contributed by atoms with Crippen LogP contribution in [-0.2, 0) is 7.05 Å². The number of rotatable bonds is 2. The molecule has 0 bridgehead atoms. The maximum absolute atomic E-state index is 4.22. The predicted molar refractivity (Wildman–Crippen MR) is 45.4 cm³/mol. The van der Waals surface area contributed by atoms with Gasteiger partial charge in [-0.1, -0.05) is 22.9 Å². The van der Waals surface area contributed by atoms with E-state index >= 15 is 0 Å². The Morgan fingerprint density at radius 3 is 2.90 bits per heavy atom. The topological polar surface area (TPSA) is 17.8 Å². The van der Waals surface area contributed by atoms with Gasteiger partial charge in [0, 0.05) is 24.5 Å². The minimum absolute atomic E-state index is 0.515. The van der Waals surface area contributed by atoms with Gasteiger partial charge >= 0.3 is 0 Å². The lowest BCUT2D eigenvalue weighted by molar-refractivity contribution is 0.847. The average Bonchev–Trinajstić information content (AvgIpc) is 2.34. The molecule has 1 aromatic rings. The molecule has 1 unspecified atom stereocenters. The van der Waals surface area contributed by atoms with Crippen LogP contribution in [0.3, 0.4) is 0 Å². The second-order valence-electron chi connectivity index (χ2n) is 2.52. The van der Waals surface area contributed by atoms with Gasteiger partial charge in [0.05, 0.1) is 12.0 Å². The first kappa shape index (κ1) is 7.79. The molecule has 0 radical (unpaired) electrons. The molecule has 0 aromatic carbocycles. The van der Waals surface area contributed by atoms with Gasteiger partial charge < -0.3 is 4.57 Å². The SMILES string of the molecule is CC(CBr)c1cn(C)cn1. The monoisotopic (exact) mass is 202 g/mol. The number of aromatic nitrogens is 2. The van der Waals surface area contributed by atoms with Crippen LogP contribution < -0.4 is 0 Å². The molecule has 10 heavy (non-hydrogen) atoms. The van der Waals surface area contributed by atoms with Crippen LogP contribution in [0.4, 0.5) is 0 Å². The van der Waals surface area contributed by atoms with E-state index in [4.69, 9.17) is 0 Å². The molecule has 1 aromatic heterocycles. The Hall–Kier alpha value is -0.310. The molecule has 3 heteroatoms. The van der Waals surface area contributed by atoms with Crippen LogP contribution in [-0.4, -0.2) is 14.9 Å². The number of nitrogens with zero attached hydrogens (tertiary/aromatic N) is 2. The van der Waals surface area contributed by atoms with Gasteiger partial charge in [-0.15, -0.1) is 0 Å². The fraction of sp³-hybridized carbons (Fsp3) is 0.571. The molecule has 0 fully saturated rings. The third-order valence-corrected chi connectivity index (χ3v) is 2.43. The third-order valence-electron chi connectivity index (χ3n) is 1.46. The zero-order chi connectivity index (χ0) is 7.56. The molecule has 0 aliphatic heterocycles. The molecule has 0 spiro atoms. The molecule has 0 aliphatic carbocycles. The van der Waals surface area contributed by atoms with Gasteiger partial charge in [0.15, 0.2) is 0 Å². The highest BCUT2D eigenvalue weighted by atomic mass is 79.9. The number of hydrogen-bond donors (Lipinski definition) is 0. The van der Waals surface area contributed by atoms with Crippen LogP contribution >= 0.6 is 15.9 Å². The smallest absolute Gasteiger partial charge is 0.0946 e. The van der Waals surface area contributed by atoms with E-state index in [-0.39, 0.29) is 0 Å². The Bertz CT molecular complexity index is 207. The van der Waals surface area contributed by atoms with Crippen molar-refractivity contribution < 1.29 is 0 Å². The summed E-state index contributed by atoms with van der Waals surface area (Å²) in [6.07, 6.45) is 3.88. The third kappa shape index (κ3) is 1.59. The van der Waals surface area contributed by atoms with Gasteiger partial charge in [-0.25, -0.2) is 4.98 Å². The summed E-state index contributed by atoms with van der Waals surface area (Å²) < 4.78 is 1.97. The number of hydrogen-bond acceptors (Lipinski definition) is 1. The summed E-state index contributed by atoms with van der Waals surface area (Å²) in [5.74, 6) is 0.515. The zero-order valence-electron chi connectivity index (χ0n) is 6.21. The summed E-state index contributed by atoms with van der Waals surface area (Å²) >= 11 is 3.41. The first-order chi connectivity index (χ1) is 4.74. The molecule has 1 rings (SSSR count). The summed E-state index contributed by atoms with van der Waals surface area (Å²) in [5.41, 5.74) is 1.15. The first-order valence-corrected chi connectivity index (χ1v) is 4.40. The largest absolute Gasteiger partial charge is 0.340 e. The van der Waals surface area contributed by atoms with E-state index in [0.29, 0.717) is 5.92 Å². The van der Waals surface area contributed by atoms with Gasteiger partial charge in [0.1, 0.15) is 0 Å². The lowest BCUT2D eigenvalue weighted by Crippen LogP contribution is -1.93. The molecule has 1 atom stereocenters. The predicted octanol–water partition coefficient (Wildman–Crippen LogP) is 1.92. The van der Waals surface area contributed by atoms with Gasteiger partial charge in [0.25, 0.3) is 0 Å². The normalized spacial score (nSPS) is 13.5. The summed E-state index contributed by atoms with van der Waals surface area (Å²) in [5, 5.41) is 0.976. The summed E-state index contributed by atoms with van der Waals surface area (Å²) in [6, 6.07) is 0. The number of alkyl halides is 1. The number of aryl methyl sites for hydroxylation is 1. The maximum Gasteiger partial charge on any atom is 0.0946 e. The van der Waals surface area contributed by atoms with Crippen molar-refractivity contribution in [1.29, 1.82) is 0 Å². The number of imidazole rings is 1. The second kappa shape index (κ2) is 3.19. The molecule has 0 saturated carbocycles. The highest BCUT2D eigenvalue weighted by molar-refractivity contribution is 9.09. The fourth-order valence-corrected chi connectivity index (χ4v) is 1.10. The Morgan fingerprint density at radius 2 is 2.50 bits per heavy atom. The van der Waals surface area contributed by atoms with Crippen molar-refractivity contribution in [3.05, 3.63) is 18.2 Å². The summed E-state index contributed by atoms with van der Waals surface area (Å²) in [4.78, 5) is 4.22. The van der Waals surface area contributed by atoms with Crippen LogP contribution in [0.15, 0.2) is 12.5 Å². The van der Waals surface area contributed by atoms with Crippen molar-refractivity contribution in [1.82, 2.24) is 9.55 Å². The quantitative estimate of drug-likeness (QED) is 0.671. The van der Waals surface area contributed by atoms with Crippen molar-refractivity contribution >= 4 is 15.9 Å². The summed E-state index contributed by atoms with van der Waals surface area (Å²) in [7, 11) is 1.98. The molecule has 1 heterocycles. The van der Waals surface area contributed by atoms with E-state index in [2.05, 4.69) is 27.8 Å². The fourth-order valence-electron chi connectivity index (χ4n) is 0.767. The summed E-state index contributed by atoms with van der Waals surface area (Å²) in [6.45, 7) is 2.15. The van der Waals surface area contributed by atoms with Gasteiger partial charge in [-0.2, -0.15) is 0 Å². The van der Waals surface area contributed by atoms with Crippen LogP contribution in [0.2, 0.25) is 0 Å². The van der Waals surface area contributed by atoms with E-state index in [9.17, 15) is 0 Å². The van der Waals surface area contributed by atoms with E-state index in [1.807, 2.05) is 24.1 Å². The lowest BCUT2D eigenvalue weighted by Gasteiger charge is -2.00. The zero-order valence-corrected chi connectivity index (χ0v) is 7.80. The van der Waals surface area contributed by atoms with Gasteiger partial charge in [-0.3, -0.25) is 0 Å². The number of halogens is 1. The van der Waals surface area contributed by atoms with Crippen LogP contribution in [0.25, 0.3) is 0 Å². The highest BCUT2D eigenvalue weighted by Gasteiger charge is 2.04. The Balaban J connectivity index is 2.74. The molecule has 0 aliphatic rings. The first-order valence-electron chi connectivity index (χ1n) is 3.28. The average molecular weight is 203 g/mol. The van der Waals surface area contributed by atoms with Crippen LogP contribution in [0, 0.1) is 0 Å². The van der Waals surface area contributed by atoms with Crippen molar-refractivity contribution in [2.75, 3.05) is 5.33 Å². The van der Waals surface area contributed by atoms with E-state index in [0.717, 1.165) is 11.0 Å². The second-order valence-corrected chi connectivity index (χ2v) is 3.17. The van der Waals surface area contributed by atoms with Crippen molar-refractivity contribution in [2.24, 2.45) is 7.05 Å². The van der Waals surface area contributed by atoms with Crippen LogP contribution in [0.5, 0.6) is 0 Å². The van der Waals surface area contributed by atoms with E-state index < -0.39 is 0 Å². The van der Waals surface area contributed by atoms with Crippen molar-refractivity contribution in [2.45, 2.75) is 12.8 Å². The Morgan fingerprint density at radius 1 is 1.80 bits per heavy atom. The standard InChI is InChI=1S/C7H11BrN2/c1-6(3-8)7-4-10(2)5-9-7/h4-6H,3H2,1-2H3.